The molecule has 0 radical (unpaired) electrons. The molecule has 2 N–H and O–H groups in total. The van der Waals surface area contributed by atoms with Gasteiger partial charge < -0.3 is 10.2 Å². The predicted molar refractivity (Wildman–Crippen MR) is 78.7 cm³/mol. The number of rotatable bonds is 2. The number of aromatic carboxylic acids is 2. The maximum absolute atomic E-state index is 10.3. The van der Waals surface area contributed by atoms with Crippen molar-refractivity contribution in [2.75, 3.05) is 0 Å². The molecular weight excluding hydrogens is 244 g/mol. The van der Waals surface area contributed by atoms with Gasteiger partial charge in [-0.05, 0) is 31.2 Å². The van der Waals surface area contributed by atoms with E-state index in [1.807, 2.05) is 6.92 Å². The van der Waals surface area contributed by atoms with E-state index in [1.165, 1.54) is 24.3 Å². The standard InChI is InChI=1S/C8H6O4.C3H6.2C2H4/c9-7(10)5-1-2-6(4-3-5)8(11)12;1-3-2;2*1-2/h1-4H,(H,9,10)(H,11,12);3H,1H2,2H3;2*1-2H2. The monoisotopic (exact) mass is 264 g/mol. The minimum absolute atomic E-state index is 0.0833. The van der Waals surface area contributed by atoms with E-state index in [4.69, 9.17) is 10.2 Å². The molecule has 0 aromatic heterocycles. The Hall–Kier alpha value is -2.62. The smallest absolute Gasteiger partial charge is 0.335 e. The van der Waals surface area contributed by atoms with Crippen LogP contribution in [0.25, 0.3) is 0 Å². The molecule has 0 amide bonds. The fourth-order valence-corrected chi connectivity index (χ4v) is 0.755. The van der Waals surface area contributed by atoms with Crippen LogP contribution < -0.4 is 0 Å². The first kappa shape index (κ1) is 21.6. The summed E-state index contributed by atoms with van der Waals surface area (Å²) in [6, 6.07) is 5.02. The molecule has 104 valence electrons. The molecule has 1 rings (SSSR count). The molecule has 0 aliphatic rings. The van der Waals surface area contributed by atoms with Crippen molar-refractivity contribution in [1.82, 2.24) is 0 Å². The first-order chi connectivity index (χ1) is 9.02. The van der Waals surface area contributed by atoms with E-state index in [2.05, 4.69) is 32.9 Å². The van der Waals surface area contributed by atoms with E-state index in [-0.39, 0.29) is 11.1 Å². The fraction of sp³-hybridized carbons (Fsp3) is 0.0667. The second kappa shape index (κ2) is 15.4. The lowest BCUT2D eigenvalue weighted by atomic mass is 10.1. The highest BCUT2D eigenvalue weighted by Crippen LogP contribution is 2.03. The third-order valence-electron chi connectivity index (χ3n) is 1.38. The van der Waals surface area contributed by atoms with Crippen LogP contribution in [-0.4, -0.2) is 22.2 Å². The minimum atomic E-state index is -1.06. The third kappa shape index (κ3) is 11.6. The van der Waals surface area contributed by atoms with Gasteiger partial charge in [-0.1, -0.05) is 6.08 Å². The Morgan fingerprint density at radius 3 is 1.16 bits per heavy atom. The molecule has 0 aliphatic carbocycles. The first-order valence-electron chi connectivity index (χ1n) is 5.16. The normalized spacial score (nSPS) is 7.00. The molecule has 1 aromatic carbocycles. The van der Waals surface area contributed by atoms with E-state index < -0.39 is 11.9 Å². The first-order valence-corrected chi connectivity index (χ1v) is 5.16. The Morgan fingerprint density at radius 1 is 0.895 bits per heavy atom. The van der Waals surface area contributed by atoms with Gasteiger partial charge in [-0.25, -0.2) is 9.59 Å². The quantitative estimate of drug-likeness (QED) is 0.795. The van der Waals surface area contributed by atoms with Crippen LogP contribution in [0.4, 0.5) is 0 Å². The van der Waals surface area contributed by atoms with E-state index >= 15 is 0 Å². The molecule has 19 heavy (non-hydrogen) atoms. The van der Waals surface area contributed by atoms with Gasteiger partial charge in [0.1, 0.15) is 0 Å². The van der Waals surface area contributed by atoms with Crippen LogP contribution in [0.1, 0.15) is 27.6 Å². The van der Waals surface area contributed by atoms with Crippen molar-refractivity contribution in [1.29, 1.82) is 0 Å². The predicted octanol–water partition coefficient (Wildman–Crippen LogP) is 3.88. The zero-order chi connectivity index (χ0) is 15.8. The Balaban J connectivity index is -0.000000313. The van der Waals surface area contributed by atoms with Crippen molar-refractivity contribution >= 4 is 11.9 Å². The summed E-state index contributed by atoms with van der Waals surface area (Å²) >= 11 is 0. The van der Waals surface area contributed by atoms with E-state index in [1.54, 1.807) is 6.08 Å². The molecule has 4 heteroatoms. The highest BCUT2D eigenvalue weighted by Gasteiger charge is 2.04. The van der Waals surface area contributed by atoms with Crippen molar-refractivity contribution in [3.05, 3.63) is 74.4 Å². The lowest BCUT2D eigenvalue weighted by Gasteiger charge is -1.94. The highest BCUT2D eigenvalue weighted by atomic mass is 16.4. The maximum atomic E-state index is 10.3. The van der Waals surface area contributed by atoms with E-state index in [0.29, 0.717) is 0 Å². The summed E-state index contributed by atoms with van der Waals surface area (Å²) in [6.07, 6.45) is 1.75. The van der Waals surface area contributed by atoms with Gasteiger partial charge in [0.2, 0.25) is 0 Å². The molecule has 1 aromatic rings. The third-order valence-corrected chi connectivity index (χ3v) is 1.38. The van der Waals surface area contributed by atoms with Crippen molar-refractivity contribution < 1.29 is 19.8 Å². The molecule has 4 nitrogen and oxygen atoms in total. The summed E-state index contributed by atoms with van der Waals surface area (Å²) in [4.78, 5) is 20.7. The molecule has 0 fully saturated rings. The number of carbonyl (C=O) groups is 2. The summed E-state index contributed by atoms with van der Waals surface area (Å²) in [5.41, 5.74) is 0.167. The highest BCUT2D eigenvalue weighted by molar-refractivity contribution is 5.91. The molecule has 0 atom stereocenters. The van der Waals surface area contributed by atoms with Gasteiger partial charge >= 0.3 is 11.9 Å². The number of hydrogen-bond donors (Lipinski definition) is 2. The van der Waals surface area contributed by atoms with Crippen molar-refractivity contribution in [3.63, 3.8) is 0 Å². The zero-order valence-corrected chi connectivity index (χ0v) is 11.1. The number of carboxylic acid groups (broad SMARTS) is 2. The minimum Gasteiger partial charge on any atom is -0.478 e. The summed E-state index contributed by atoms with van der Waals surface area (Å²) in [5, 5.41) is 16.9. The van der Waals surface area contributed by atoms with Gasteiger partial charge in [0.15, 0.2) is 0 Å². The SMILES string of the molecule is C=C.C=C.C=CC.O=C(O)c1ccc(C(=O)O)cc1. The molecule has 0 saturated carbocycles. The average molecular weight is 264 g/mol. The number of hydrogen-bond acceptors (Lipinski definition) is 2. The number of allylic oxidation sites excluding steroid dienone is 1. The lowest BCUT2D eigenvalue weighted by molar-refractivity contribution is 0.0681. The number of carboxylic acids is 2. The van der Waals surface area contributed by atoms with E-state index in [9.17, 15) is 9.59 Å². The second-order valence-corrected chi connectivity index (χ2v) is 2.60. The summed E-state index contributed by atoms with van der Waals surface area (Å²) < 4.78 is 0. The van der Waals surface area contributed by atoms with Gasteiger partial charge in [0, 0.05) is 0 Å². The molecule has 0 spiro atoms. The van der Waals surface area contributed by atoms with Crippen molar-refractivity contribution in [3.8, 4) is 0 Å². The molecule has 0 heterocycles. The van der Waals surface area contributed by atoms with Crippen LogP contribution in [0, 0.1) is 0 Å². The molecule has 0 saturated heterocycles. The van der Waals surface area contributed by atoms with Gasteiger partial charge in [0.25, 0.3) is 0 Å². The second-order valence-electron chi connectivity index (χ2n) is 2.60. The van der Waals surface area contributed by atoms with Crippen LogP contribution in [0.15, 0.2) is 63.2 Å². The van der Waals surface area contributed by atoms with Crippen molar-refractivity contribution in [2.45, 2.75) is 6.92 Å². The largest absolute Gasteiger partial charge is 0.478 e. The fourth-order valence-electron chi connectivity index (χ4n) is 0.755. The van der Waals surface area contributed by atoms with Crippen LogP contribution >= 0.6 is 0 Å². The zero-order valence-electron chi connectivity index (χ0n) is 11.1. The average Bonchev–Trinajstić information content (AvgIpc) is 2.44. The van der Waals surface area contributed by atoms with Crippen LogP contribution in [0.2, 0.25) is 0 Å². The van der Waals surface area contributed by atoms with Crippen molar-refractivity contribution in [2.24, 2.45) is 0 Å². The van der Waals surface area contributed by atoms with Gasteiger partial charge in [0.05, 0.1) is 11.1 Å². The van der Waals surface area contributed by atoms with Gasteiger partial charge in [-0.2, -0.15) is 0 Å². The van der Waals surface area contributed by atoms with Gasteiger partial charge in [-0.15, -0.1) is 32.9 Å². The summed E-state index contributed by atoms with van der Waals surface area (Å²) in [7, 11) is 0. The summed E-state index contributed by atoms with van der Waals surface area (Å²) in [5.74, 6) is -2.13. The van der Waals surface area contributed by atoms with Crippen LogP contribution in [0.3, 0.4) is 0 Å². The Morgan fingerprint density at radius 2 is 1.05 bits per heavy atom. The van der Waals surface area contributed by atoms with Crippen LogP contribution in [0.5, 0.6) is 0 Å². The number of benzene rings is 1. The molecule has 0 bridgehead atoms. The molecule has 0 unspecified atom stereocenters. The lowest BCUT2D eigenvalue weighted by Crippen LogP contribution is -1.99. The summed E-state index contributed by atoms with van der Waals surface area (Å²) in [6.45, 7) is 17.2. The van der Waals surface area contributed by atoms with Gasteiger partial charge in [-0.3, -0.25) is 0 Å². The topological polar surface area (TPSA) is 74.6 Å². The Bertz CT molecular complexity index is 345. The van der Waals surface area contributed by atoms with E-state index in [0.717, 1.165) is 0 Å². The Labute approximate surface area is 114 Å². The Kier molecular flexibility index (Phi) is 17.5. The maximum Gasteiger partial charge on any atom is 0.335 e. The molecule has 0 aliphatic heterocycles. The molecular formula is C15H20O4. The van der Waals surface area contributed by atoms with Crippen LogP contribution in [-0.2, 0) is 0 Å².